The summed E-state index contributed by atoms with van der Waals surface area (Å²) in [4.78, 5) is 0. The molecule has 0 atom stereocenters. The largest absolute Gasteiger partial charge is 0.457 e. The van der Waals surface area contributed by atoms with Crippen molar-refractivity contribution in [3.8, 4) is 11.5 Å². The van der Waals surface area contributed by atoms with Crippen LogP contribution >= 0.6 is 15.9 Å². The lowest BCUT2D eigenvalue weighted by Gasteiger charge is -2.07. The van der Waals surface area contributed by atoms with E-state index < -0.39 is 0 Å². The molecule has 2 rings (SSSR count). The Hall–Kier alpha value is -1.68. The molecule has 4 N–H and O–H groups in total. The van der Waals surface area contributed by atoms with Crippen molar-refractivity contribution in [3.05, 3.63) is 46.9 Å². The SMILES string of the molecule is Nc1cccc(Oc2ccc(N)c(Br)c2)c1. The van der Waals surface area contributed by atoms with Crippen LogP contribution in [0.5, 0.6) is 11.5 Å². The van der Waals surface area contributed by atoms with Crippen molar-refractivity contribution in [2.45, 2.75) is 0 Å². The zero-order chi connectivity index (χ0) is 11.5. The average molecular weight is 279 g/mol. The standard InChI is InChI=1S/C12H11BrN2O/c13-11-7-10(4-5-12(11)15)16-9-3-1-2-8(14)6-9/h1-7H,14-15H2. The quantitative estimate of drug-likeness (QED) is 0.828. The van der Waals surface area contributed by atoms with Crippen LogP contribution in [-0.4, -0.2) is 0 Å². The topological polar surface area (TPSA) is 61.3 Å². The molecule has 0 aromatic heterocycles. The fourth-order valence-electron chi connectivity index (χ4n) is 1.29. The second kappa shape index (κ2) is 4.45. The van der Waals surface area contributed by atoms with Gasteiger partial charge in [0.05, 0.1) is 0 Å². The van der Waals surface area contributed by atoms with Crippen LogP contribution in [0.3, 0.4) is 0 Å². The van der Waals surface area contributed by atoms with Crippen LogP contribution < -0.4 is 16.2 Å². The highest BCUT2D eigenvalue weighted by atomic mass is 79.9. The van der Waals surface area contributed by atoms with E-state index in [1.807, 2.05) is 30.3 Å². The van der Waals surface area contributed by atoms with Crippen LogP contribution in [-0.2, 0) is 0 Å². The first-order valence-corrected chi connectivity index (χ1v) is 5.53. The van der Waals surface area contributed by atoms with Gasteiger partial charge < -0.3 is 16.2 Å². The number of hydrogen-bond acceptors (Lipinski definition) is 3. The van der Waals surface area contributed by atoms with Crippen molar-refractivity contribution in [2.24, 2.45) is 0 Å². The van der Waals surface area contributed by atoms with E-state index in [-0.39, 0.29) is 0 Å². The summed E-state index contributed by atoms with van der Waals surface area (Å²) >= 11 is 3.34. The van der Waals surface area contributed by atoms with Crippen molar-refractivity contribution in [2.75, 3.05) is 11.5 Å². The molecule has 2 aromatic rings. The lowest BCUT2D eigenvalue weighted by Crippen LogP contribution is -1.90. The summed E-state index contributed by atoms with van der Waals surface area (Å²) in [5.74, 6) is 1.42. The zero-order valence-corrected chi connectivity index (χ0v) is 10.1. The summed E-state index contributed by atoms with van der Waals surface area (Å²) in [7, 11) is 0. The van der Waals surface area contributed by atoms with Gasteiger partial charge in [-0.25, -0.2) is 0 Å². The fraction of sp³-hybridized carbons (Fsp3) is 0. The number of rotatable bonds is 2. The van der Waals surface area contributed by atoms with Gasteiger partial charge in [0.1, 0.15) is 11.5 Å². The molecule has 16 heavy (non-hydrogen) atoms. The zero-order valence-electron chi connectivity index (χ0n) is 8.48. The highest BCUT2D eigenvalue weighted by Gasteiger charge is 2.00. The smallest absolute Gasteiger partial charge is 0.129 e. The molecule has 82 valence electrons. The van der Waals surface area contributed by atoms with E-state index in [1.54, 1.807) is 12.1 Å². The minimum Gasteiger partial charge on any atom is -0.457 e. The van der Waals surface area contributed by atoms with Crippen molar-refractivity contribution < 1.29 is 4.74 Å². The summed E-state index contributed by atoms with van der Waals surface area (Å²) in [6, 6.07) is 12.7. The minimum atomic E-state index is 0.673. The van der Waals surface area contributed by atoms with Crippen LogP contribution in [0.15, 0.2) is 46.9 Å². The van der Waals surface area contributed by atoms with Gasteiger partial charge in [0.25, 0.3) is 0 Å². The van der Waals surface area contributed by atoms with E-state index in [2.05, 4.69) is 15.9 Å². The van der Waals surface area contributed by atoms with E-state index in [0.29, 0.717) is 22.9 Å². The van der Waals surface area contributed by atoms with Gasteiger partial charge in [-0.2, -0.15) is 0 Å². The summed E-state index contributed by atoms with van der Waals surface area (Å²) in [5, 5.41) is 0. The molecule has 0 aliphatic rings. The van der Waals surface area contributed by atoms with Crippen molar-refractivity contribution in [1.29, 1.82) is 0 Å². The normalized spacial score (nSPS) is 10.1. The molecule has 0 aliphatic heterocycles. The number of benzene rings is 2. The monoisotopic (exact) mass is 278 g/mol. The maximum atomic E-state index is 5.68. The summed E-state index contributed by atoms with van der Waals surface area (Å²) < 4.78 is 6.44. The predicted octanol–water partition coefficient (Wildman–Crippen LogP) is 3.41. The molecular formula is C12H11BrN2O. The molecule has 0 fully saturated rings. The van der Waals surface area contributed by atoms with Crippen LogP contribution in [0.1, 0.15) is 0 Å². The molecule has 3 nitrogen and oxygen atoms in total. The number of nitrogens with two attached hydrogens (primary N) is 2. The Labute approximate surface area is 102 Å². The molecule has 0 aliphatic carbocycles. The molecule has 0 bridgehead atoms. The Bertz CT molecular complexity index is 514. The van der Waals surface area contributed by atoms with Gasteiger partial charge in [-0.3, -0.25) is 0 Å². The lowest BCUT2D eigenvalue weighted by molar-refractivity contribution is 0.483. The molecule has 0 saturated carbocycles. The third-order valence-electron chi connectivity index (χ3n) is 2.07. The number of anilines is 2. The first kappa shape index (κ1) is 10.8. The van der Waals surface area contributed by atoms with Gasteiger partial charge >= 0.3 is 0 Å². The molecule has 0 heterocycles. The number of halogens is 1. The highest BCUT2D eigenvalue weighted by Crippen LogP contribution is 2.28. The molecule has 4 heteroatoms. The van der Waals surface area contributed by atoms with Crippen molar-refractivity contribution in [3.63, 3.8) is 0 Å². The Morgan fingerprint density at radius 2 is 1.69 bits per heavy atom. The average Bonchev–Trinajstić information content (AvgIpc) is 2.24. The molecule has 0 spiro atoms. The van der Waals surface area contributed by atoms with E-state index in [4.69, 9.17) is 16.2 Å². The number of nitrogen functional groups attached to an aromatic ring is 2. The molecule has 0 radical (unpaired) electrons. The third-order valence-corrected chi connectivity index (χ3v) is 2.75. The van der Waals surface area contributed by atoms with E-state index in [0.717, 1.165) is 4.47 Å². The van der Waals surface area contributed by atoms with E-state index in [1.165, 1.54) is 0 Å². The van der Waals surface area contributed by atoms with Crippen LogP contribution in [0, 0.1) is 0 Å². The Kier molecular flexibility index (Phi) is 3.01. The first-order chi connectivity index (χ1) is 7.65. The summed E-state index contributed by atoms with van der Waals surface area (Å²) in [6.07, 6.45) is 0. The summed E-state index contributed by atoms with van der Waals surface area (Å²) in [5.41, 5.74) is 12.7. The maximum absolute atomic E-state index is 5.68. The molecule has 0 amide bonds. The minimum absolute atomic E-state index is 0.673. The van der Waals surface area contributed by atoms with Gasteiger partial charge in [-0.1, -0.05) is 6.07 Å². The number of ether oxygens (including phenoxy) is 1. The van der Waals surface area contributed by atoms with Crippen LogP contribution in [0.4, 0.5) is 11.4 Å². The summed E-state index contributed by atoms with van der Waals surface area (Å²) in [6.45, 7) is 0. The molecule has 2 aromatic carbocycles. The molecule has 0 unspecified atom stereocenters. The Balaban J connectivity index is 2.24. The van der Waals surface area contributed by atoms with Crippen LogP contribution in [0.25, 0.3) is 0 Å². The highest BCUT2D eigenvalue weighted by molar-refractivity contribution is 9.10. The second-order valence-corrected chi connectivity index (χ2v) is 4.21. The van der Waals surface area contributed by atoms with Gasteiger partial charge in [-0.15, -0.1) is 0 Å². The maximum Gasteiger partial charge on any atom is 0.129 e. The van der Waals surface area contributed by atoms with E-state index >= 15 is 0 Å². The van der Waals surface area contributed by atoms with E-state index in [9.17, 15) is 0 Å². The van der Waals surface area contributed by atoms with Gasteiger partial charge in [0.15, 0.2) is 0 Å². The molecule has 0 saturated heterocycles. The lowest BCUT2D eigenvalue weighted by atomic mass is 10.3. The van der Waals surface area contributed by atoms with Crippen molar-refractivity contribution in [1.82, 2.24) is 0 Å². The number of hydrogen-bond donors (Lipinski definition) is 2. The fourth-order valence-corrected chi connectivity index (χ4v) is 1.64. The van der Waals surface area contributed by atoms with Gasteiger partial charge in [0.2, 0.25) is 0 Å². The van der Waals surface area contributed by atoms with Crippen LogP contribution in [0.2, 0.25) is 0 Å². The predicted molar refractivity (Wildman–Crippen MR) is 69.5 cm³/mol. The van der Waals surface area contributed by atoms with Crippen molar-refractivity contribution >= 4 is 27.3 Å². The second-order valence-electron chi connectivity index (χ2n) is 3.36. The molecular weight excluding hydrogens is 268 g/mol. The van der Waals surface area contributed by atoms with Gasteiger partial charge in [-0.05, 0) is 46.3 Å². The third kappa shape index (κ3) is 2.46. The Morgan fingerprint density at radius 1 is 0.938 bits per heavy atom. The first-order valence-electron chi connectivity index (χ1n) is 4.73. The Morgan fingerprint density at radius 3 is 2.38 bits per heavy atom. The van der Waals surface area contributed by atoms with Gasteiger partial charge in [0, 0.05) is 21.9 Å².